The summed E-state index contributed by atoms with van der Waals surface area (Å²) in [5.41, 5.74) is 11.3. The molecule has 0 saturated carbocycles. The number of benzene rings is 2. The first-order chi connectivity index (χ1) is 12.4. The lowest BCUT2D eigenvalue weighted by Crippen LogP contribution is -2.24. The summed E-state index contributed by atoms with van der Waals surface area (Å²) in [6.45, 7) is 1.47. The maximum atomic E-state index is 13.1. The van der Waals surface area contributed by atoms with Gasteiger partial charge >= 0.3 is 0 Å². The Balaban J connectivity index is 2.13. The molecular formula is C18H20N4O3S. The summed E-state index contributed by atoms with van der Waals surface area (Å²) in [4.78, 5) is 18.0. The Morgan fingerprint density at radius 2 is 1.65 bits per heavy atom. The molecule has 1 saturated heterocycles. The Bertz CT molecular complexity index is 946. The van der Waals surface area contributed by atoms with E-state index in [-0.39, 0.29) is 21.3 Å². The molecule has 7 nitrogen and oxygen atoms in total. The summed E-state index contributed by atoms with van der Waals surface area (Å²) in [5.74, 6) is -0.937. The van der Waals surface area contributed by atoms with E-state index in [9.17, 15) is 13.2 Å². The van der Waals surface area contributed by atoms with Gasteiger partial charge in [0.2, 0.25) is 9.84 Å². The summed E-state index contributed by atoms with van der Waals surface area (Å²) in [6, 6.07) is 12.7. The molecule has 0 bridgehead atoms. The molecule has 0 spiro atoms. The Labute approximate surface area is 152 Å². The van der Waals surface area contributed by atoms with Crippen molar-refractivity contribution in [2.24, 2.45) is 16.5 Å². The highest BCUT2D eigenvalue weighted by molar-refractivity contribution is 7.91. The van der Waals surface area contributed by atoms with Gasteiger partial charge in [0.05, 0.1) is 15.5 Å². The Morgan fingerprint density at radius 1 is 1.00 bits per heavy atom. The zero-order chi connectivity index (χ0) is 18.7. The minimum absolute atomic E-state index is 0.173. The van der Waals surface area contributed by atoms with Crippen molar-refractivity contribution in [1.29, 1.82) is 0 Å². The molecule has 2 aromatic rings. The molecule has 1 amide bonds. The van der Waals surface area contributed by atoms with Gasteiger partial charge in [0.1, 0.15) is 0 Å². The maximum absolute atomic E-state index is 13.1. The number of rotatable bonds is 4. The average Bonchev–Trinajstić information content (AvgIpc) is 3.16. The molecule has 0 aromatic heterocycles. The number of aliphatic imine (C=N–C) groups is 1. The van der Waals surface area contributed by atoms with Crippen LogP contribution in [0.25, 0.3) is 0 Å². The number of anilines is 1. The van der Waals surface area contributed by atoms with E-state index in [2.05, 4.69) is 4.99 Å². The Morgan fingerprint density at radius 3 is 2.27 bits per heavy atom. The molecule has 3 rings (SSSR count). The largest absolute Gasteiger partial charge is 0.370 e. The minimum Gasteiger partial charge on any atom is -0.370 e. The predicted molar refractivity (Wildman–Crippen MR) is 99.9 cm³/mol. The maximum Gasteiger partial charge on any atom is 0.280 e. The summed E-state index contributed by atoms with van der Waals surface area (Å²) < 4.78 is 26.2. The van der Waals surface area contributed by atoms with Gasteiger partial charge in [-0.15, -0.1) is 0 Å². The zero-order valence-electron chi connectivity index (χ0n) is 14.1. The van der Waals surface area contributed by atoms with Crippen LogP contribution in [-0.2, 0) is 9.84 Å². The van der Waals surface area contributed by atoms with Crippen LogP contribution < -0.4 is 16.4 Å². The molecule has 1 aliphatic rings. The quantitative estimate of drug-likeness (QED) is 0.620. The molecule has 1 heterocycles. The zero-order valence-corrected chi connectivity index (χ0v) is 14.9. The van der Waals surface area contributed by atoms with Gasteiger partial charge in [-0.25, -0.2) is 8.42 Å². The van der Waals surface area contributed by atoms with Crippen molar-refractivity contribution in [3.8, 4) is 0 Å². The first-order valence-electron chi connectivity index (χ1n) is 8.23. The third-order valence-corrected chi connectivity index (χ3v) is 6.04. The van der Waals surface area contributed by atoms with Crippen LogP contribution in [0.1, 0.15) is 23.2 Å². The van der Waals surface area contributed by atoms with Crippen LogP contribution in [-0.4, -0.2) is 33.4 Å². The van der Waals surface area contributed by atoms with Crippen molar-refractivity contribution in [2.45, 2.75) is 22.6 Å². The van der Waals surface area contributed by atoms with Gasteiger partial charge < -0.3 is 16.4 Å². The lowest BCUT2D eigenvalue weighted by Gasteiger charge is -2.22. The molecule has 0 unspecified atom stereocenters. The van der Waals surface area contributed by atoms with Crippen molar-refractivity contribution in [1.82, 2.24) is 0 Å². The van der Waals surface area contributed by atoms with Gasteiger partial charge in [-0.2, -0.15) is 4.99 Å². The number of sulfone groups is 1. The first kappa shape index (κ1) is 17.9. The van der Waals surface area contributed by atoms with Crippen molar-refractivity contribution in [2.75, 3.05) is 18.0 Å². The number of nitrogens with two attached hydrogens (primary N) is 2. The highest BCUT2D eigenvalue weighted by atomic mass is 32.2. The summed E-state index contributed by atoms with van der Waals surface area (Å²) in [6.07, 6.45) is 1.94. The molecule has 0 radical (unpaired) electrons. The molecule has 8 heteroatoms. The highest BCUT2D eigenvalue weighted by Gasteiger charge is 2.26. The summed E-state index contributed by atoms with van der Waals surface area (Å²) in [7, 11) is -3.71. The summed E-state index contributed by atoms with van der Waals surface area (Å²) >= 11 is 0. The topological polar surface area (TPSA) is 119 Å². The van der Waals surface area contributed by atoms with E-state index in [4.69, 9.17) is 11.5 Å². The van der Waals surface area contributed by atoms with Gasteiger partial charge in [0.15, 0.2) is 5.96 Å². The van der Waals surface area contributed by atoms with Gasteiger partial charge in [-0.05, 0) is 43.2 Å². The molecule has 0 aliphatic carbocycles. The lowest BCUT2D eigenvalue weighted by atomic mass is 10.2. The van der Waals surface area contributed by atoms with Crippen molar-refractivity contribution >= 4 is 27.4 Å². The molecular weight excluding hydrogens is 352 g/mol. The van der Waals surface area contributed by atoms with Crippen molar-refractivity contribution in [3.05, 3.63) is 54.1 Å². The van der Waals surface area contributed by atoms with E-state index in [0.29, 0.717) is 5.69 Å². The third kappa shape index (κ3) is 3.55. The van der Waals surface area contributed by atoms with Crippen LogP contribution in [0.2, 0.25) is 0 Å². The number of guanidine groups is 1. The van der Waals surface area contributed by atoms with Gasteiger partial charge in [-0.1, -0.05) is 18.2 Å². The van der Waals surface area contributed by atoms with Crippen LogP contribution in [0.4, 0.5) is 5.69 Å². The molecule has 136 valence electrons. The predicted octanol–water partition coefficient (Wildman–Crippen LogP) is 1.53. The number of carbonyl (C=O) groups is 1. The second kappa shape index (κ2) is 7.17. The third-order valence-electron chi connectivity index (χ3n) is 4.23. The van der Waals surface area contributed by atoms with Crippen LogP contribution in [0, 0.1) is 0 Å². The number of carbonyl (C=O) groups excluding carboxylic acids is 1. The molecule has 0 atom stereocenters. The van der Waals surface area contributed by atoms with Crippen LogP contribution in [0.15, 0.2) is 63.3 Å². The second-order valence-electron chi connectivity index (χ2n) is 6.03. The van der Waals surface area contributed by atoms with Crippen LogP contribution >= 0.6 is 0 Å². The van der Waals surface area contributed by atoms with Gasteiger partial charge in [0, 0.05) is 18.7 Å². The fraction of sp³-hybridized carbons (Fsp3) is 0.222. The van der Waals surface area contributed by atoms with Crippen LogP contribution in [0.5, 0.6) is 0 Å². The van der Waals surface area contributed by atoms with Crippen LogP contribution in [0.3, 0.4) is 0 Å². The second-order valence-corrected chi connectivity index (χ2v) is 7.95. The highest BCUT2D eigenvalue weighted by Crippen LogP contribution is 2.33. The standard InChI is InChI=1S/C18H20N4O3S/c19-18(20)21-17(23)13-8-9-16(15(12-13)22-10-4-5-11-22)26(24,25)14-6-2-1-3-7-14/h1-3,6-9,12H,4-5,10-11H2,(H4,19,20,21,23). The summed E-state index contributed by atoms with van der Waals surface area (Å²) in [5, 5.41) is 0. The van der Waals surface area contributed by atoms with Crippen molar-refractivity contribution < 1.29 is 13.2 Å². The number of hydrogen-bond acceptors (Lipinski definition) is 4. The van der Waals surface area contributed by atoms with Gasteiger partial charge in [0.25, 0.3) is 5.91 Å². The van der Waals surface area contributed by atoms with Gasteiger partial charge in [-0.3, -0.25) is 4.79 Å². The Hall–Kier alpha value is -2.87. The molecule has 2 aromatic carbocycles. The average molecular weight is 372 g/mol. The van der Waals surface area contributed by atoms with E-state index in [1.807, 2.05) is 4.90 Å². The SMILES string of the molecule is NC(N)=NC(=O)c1ccc(S(=O)(=O)c2ccccc2)c(N2CCCC2)c1. The molecule has 1 fully saturated rings. The number of nitrogens with zero attached hydrogens (tertiary/aromatic N) is 2. The normalized spacial score (nSPS) is 14.2. The minimum atomic E-state index is -3.71. The number of amides is 1. The fourth-order valence-electron chi connectivity index (χ4n) is 2.99. The molecule has 4 N–H and O–H groups in total. The lowest BCUT2D eigenvalue weighted by molar-refractivity contribution is 0.100. The molecule has 26 heavy (non-hydrogen) atoms. The smallest absolute Gasteiger partial charge is 0.280 e. The molecule has 1 aliphatic heterocycles. The Kier molecular flexibility index (Phi) is 4.94. The monoisotopic (exact) mass is 372 g/mol. The first-order valence-corrected chi connectivity index (χ1v) is 9.71. The van der Waals surface area contributed by atoms with E-state index < -0.39 is 15.7 Å². The van der Waals surface area contributed by atoms with E-state index in [1.54, 1.807) is 36.4 Å². The fourth-order valence-corrected chi connectivity index (χ4v) is 4.47. The van der Waals surface area contributed by atoms with E-state index in [0.717, 1.165) is 25.9 Å². The number of hydrogen-bond donors (Lipinski definition) is 2. The van der Waals surface area contributed by atoms with E-state index >= 15 is 0 Å². The van der Waals surface area contributed by atoms with Crippen molar-refractivity contribution in [3.63, 3.8) is 0 Å². The van der Waals surface area contributed by atoms with E-state index in [1.165, 1.54) is 12.1 Å².